The van der Waals surface area contributed by atoms with E-state index in [0.29, 0.717) is 0 Å². The molecule has 0 spiro atoms. The fourth-order valence-electron chi connectivity index (χ4n) is 1.58. The van der Waals surface area contributed by atoms with E-state index in [4.69, 9.17) is 5.73 Å². The predicted molar refractivity (Wildman–Crippen MR) is 77.4 cm³/mol. The molecular weight excluding hydrogens is 206 g/mol. The second-order valence-electron chi connectivity index (χ2n) is 3.87. The summed E-state index contributed by atoms with van der Waals surface area (Å²) >= 11 is 0. The van der Waals surface area contributed by atoms with Gasteiger partial charge in [-0.1, -0.05) is 43.0 Å². The molecule has 1 rings (SSSR count). The molecule has 0 aliphatic carbocycles. The topological polar surface area (TPSA) is 26.0 Å². The molecule has 0 heterocycles. The highest BCUT2D eigenvalue weighted by molar-refractivity contribution is 5.68. The van der Waals surface area contributed by atoms with Gasteiger partial charge >= 0.3 is 0 Å². The number of allylic oxidation sites excluding steroid dienone is 5. The first kappa shape index (κ1) is 13.0. The van der Waals surface area contributed by atoms with Crippen molar-refractivity contribution in [2.75, 3.05) is 0 Å². The summed E-state index contributed by atoms with van der Waals surface area (Å²) in [6, 6.07) is 6.27. The second-order valence-corrected chi connectivity index (χ2v) is 3.87. The lowest BCUT2D eigenvalue weighted by Crippen LogP contribution is -1.96. The normalized spacial score (nSPS) is 12.5. The highest BCUT2D eigenvalue weighted by Crippen LogP contribution is 2.16. The third kappa shape index (κ3) is 4.15. The van der Waals surface area contributed by atoms with Gasteiger partial charge in [-0.15, -0.1) is 0 Å². The quantitative estimate of drug-likeness (QED) is 0.768. The molecular formula is C16H19N. The largest absolute Gasteiger partial charge is 0.398 e. The van der Waals surface area contributed by atoms with Gasteiger partial charge in [-0.3, -0.25) is 0 Å². The molecule has 17 heavy (non-hydrogen) atoms. The van der Waals surface area contributed by atoms with Crippen molar-refractivity contribution < 1.29 is 0 Å². The Labute approximate surface area is 104 Å². The zero-order valence-corrected chi connectivity index (χ0v) is 10.5. The van der Waals surface area contributed by atoms with Crippen LogP contribution in [0.4, 0.5) is 0 Å². The van der Waals surface area contributed by atoms with Crippen molar-refractivity contribution in [3.05, 3.63) is 71.8 Å². The molecule has 0 radical (unpaired) electrons. The molecule has 0 saturated carbocycles. The standard InChI is InChI=1S/C16H19N/c1-4-6-7-9-14-10-13(3)11-15(12-14)16(17)8-5-2/h4-12H,2,17H2,1,3H3/b6-4-,9-7-,16-8-. The van der Waals surface area contributed by atoms with Crippen LogP contribution in [-0.4, -0.2) is 0 Å². The van der Waals surface area contributed by atoms with Gasteiger partial charge in [0.05, 0.1) is 0 Å². The SMILES string of the molecule is C=C/C=C(\N)c1cc(C)cc(/C=C\C=C/C)c1. The van der Waals surface area contributed by atoms with Crippen LogP contribution in [0.1, 0.15) is 23.6 Å². The molecule has 0 unspecified atom stereocenters. The van der Waals surface area contributed by atoms with Crippen molar-refractivity contribution in [1.82, 2.24) is 0 Å². The fraction of sp³-hybridized carbons (Fsp3) is 0.125. The third-order valence-electron chi connectivity index (χ3n) is 2.32. The average molecular weight is 225 g/mol. The molecule has 88 valence electrons. The molecule has 1 heteroatoms. The van der Waals surface area contributed by atoms with E-state index in [0.717, 1.165) is 16.8 Å². The van der Waals surface area contributed by atoms with Crippen LogP contribution in [0.5, 0.6) is 0 Å². The van der Waals surface area contributed by atoms with Crippen LogP contribution < -0.4 is 5.73 Å². The van der Waals surface area contributed by atoms with Gasteiger partial charge in [-0.05, 0) is 48.7 Å². The molecule has 1 aromatic carbocycles. The summed E-state index contributed by atoms with van der Waals surface area (Å²) in [6.07, 6.45) is 11.6. The zero-order chi connectivity index (χ0) is 12.7. The van der Waals surface area contributed by atoms with E-state index in [-0.39, 0.29) is 0 Å². The van der Waals surface area contributed by atoms with Gasteiger partial charge in [0.1, 0.15) is 0 Å². The van der Waals surface area contributed by atoms with Crippen LogP contribution in [-0.2, 0) is 0 Å². The highest BCUT2D eigenvalue weighted by Gasteiger charge is 1.98. The van der Waals surface area contributed by atoms with E-state index in [2.05, 4.69) is 37.8 Å². The summed E-state index contributed by atoms with van der Waals surface area (Å²) in [5.41, 5.74) is 10.1. The van der Waals surface area contributed by atoms with Crippen LogP contribution in [0.25, 0.3) is 11.8 Å². The summed E-state index contributed by atoms with van der Waals surface area (Å²) in [6.45, 7) is 7.72. The summed E-state index contributed by atoms with van der Waals surface area (Å²) in [4.78, 5) is 0. The summed E-state index contributed by atoms with van der Waals surface area (Å²) < 4.78 is 0. The van der Waals surface area contributed by atoms with Gasteiger partial charge in [0, 0.05) is 5.70 Å². The van der Waals surface area contributed by atoms with Crippen molar-refractivity contribution in [1.29, 1.82) is 0 Å². The maximum absolute atomic E-state index is 5.95. The molecule has 2 N–H and O–H groups in total. The van der Waals surface area contributed by atoms with E-state index in [1.165, 1.54) is 5.56 Å². The van der Waals surface area contributed by atoms with E-state index in [9.17, 15) is 0 Å². The van der Waals surface area contributed by atoms with Gasteiger partial charge in [-0.2, -0.15) is 0 Å². The monoisotopic (exact) mass is 225 g/mol. The minimum Gasteiger partial charge on any atom is -0.398 e. The van der Waals surface area contributed by atoms with Crippen molar-refractivity contribution in [3.63, 3.8) is 0 Å². The molecule has 0 aliphatic rings. The molecule has 1 aromatic rings. The Hall–Kier alpha value is -2.02. The summed E-state index contributed by atoms with van der Waals surface area (Å²) in [5.74, 6) is 0. The smallest absolute Gasteiger partial charge is 0.0387 e. The van der Waals surface area contributed by atoms with Crippen molar-refractivity contribution in [3.8, 4) is 0 Å². The minimum absolute atomic E-state index is 0.740. The number of benzene rings is 1. The Balaban J connectivity index is 3.10. The molecule has 0 saturated heterocycles. The first-order valence-electron chi connectivity index (χ1n) is 5.67. The third-order valence-corrected chi connectivity index (χ3v) is 2.32. The van der Waals surface area contributed by atoms with Gasteiger partial charge in [-0.25, -0.2) is 0 Å². The Morgan fingerprint density at radius 3 is 2.65 bits per heavy atom. The van der Waals surface area contributed by atoms with Gasteiger partial charge in [0.2, 0.25) is 0 Å². The van der Waals surface area contributed by atoms with E-state index in [1.807, 2.05) is 31.2 Å². The molecule has 1 nitrogen and oxygen atoms in total. The lowest BCUT2D eigenvalue weighted by atomic mass is 10.0. The minimum atomic E-state index is 0.740. The zero-order valence-electron chi connectivity index (χ0n) is 10.5. The molecule has 0 aromatic heterocycles. The van der Waals surface area contributed by atoms with Gasteiger partial charge in [0.25, 0.3) is 0 Å². The van der Waals surface area contributed by atoms with Crippen molar-refractivity contribution in [2.24, 2.45) is 5.73 Å². The lowest BCUT2D eigenvalue weighted by molar-refractivity contribution is 1.41. The van der Waals surface area contributed by atoms with Crippen molar-refractivity contribution in [2.45, 2.75) is 13.8 Å². The Morgan fingerprint density at radius 1 is 1.24 bits per heavy atom. The molecule has 0 fully saturated rings. The first-order valence-corrected chi connectivity index (χ1v) is 5.67. The molecule has 0 atom stereocenters. The summed E-state index contributed by atoms with van der Waals surface area (Å²) in [5, 5.41) is 0. The molecule has 0 bridgehead atoms. The van der Waals surface area contributed by atoms with Crippen LogP contribution >= 0.6 is 0 Å². The lowest BCUT2D eigenvalue weighted by Gasteiger charge is -2.05. The Bertz CT molecular complexity index is 476. The maximum atomic E-state index is 5.95. The molecule has 0 aliphatic heterocycles. The predicted octanol–water partition coefficient (Wildman–Crippen LogP) is 4.07. The van der Waals surface area contributed by atoms with Crippen molar-refractivity contribution >= 4 is 11.8 Å². The number of aryl methyl sites for hydroxylation is 1. The van der Waals surface area contributed by atoms with Crippen LogP contribution in [0.2, 0.25) is 0 Å². The summed E-state index contributed by atoms with van der Waals surface area (Å²) in [7, 11) is 0. The molecule has 0 amide bonds. The Morgan fingerprint density at radius 2 is 2.00 bits per heavy atom. The van der Waals surface area contributed by atoms with Crippen LogP contribution in [0.3, 0.4) is 0 Å². The highest BCUT2D eigenvalue weighted by atomic mass is 14.6. The maximum Gasteiger partial charge on any atom is 0.0387 e. The number of nitrogens with two attached hydrogens (primary N) is 1. The number of hydrogen-bond acceptors (Lipinski definition) is 1. The fourth-order valence-corrected chi connectivity index (χ4v) is 1.58. The number of rotatable bonds is 4. The van der Waals surface area contributed by atoms with E-state index >= 15 is 0 Å². The Kier molecular flexibility index (Phi) is 5.02. The first-order chi connectivity index (χ1) is 8.17. The second kappa shape index (κ2) is 6.54. The van der Waals surface area contributed by atoms with Gasteiger partial charge in [0.15, 0.2) is 0 Å². The average Bonchev–Trinajstić information content (AvgIpc) is 2.29. The number of hydrogen-bond donors (Lipinski definition) is 1. The van der Waals surface area contributed by atoms with Crippen LogP contribution in [0.15, 0.2) is 55.2 Å². The van der Waals surface area contributed by atoms with Gasteiger partial charge < -0.3 is 5.73 Å². The van der Waals surface area contributed by atoms with E-state index in [1.54, 1.807) is 6.08 Å². The van der Waals surface area contributed by atoms with E-state index < -0.39 is 0 Å². The van der Waals surface area contributed by atoms with Crippen LogP contribution in [0, 0.1) is 6.92 Å².